The van der Waals surface area contributed by atoms with Gasteiger partial charge in [0.2, 0.25) is 5.91 Å². The predicted octanol–water partition coefficient (Wildman–Crippen LogP) is 5.28. The van der Waals surface area contributed by atoms with Gasteiger partial charge in [0.15, 0.2) is 5.11 Å². The second-order valence-electron chi connectivity index (χ2n) is 7.68. The largest absolute Gasteiger partial charge is 0.331 e. The van der Waals surface area contributed by atoms with E-state index in [1.165, 1.54) is 18.4 Å². The Hall–Kier alpha value is -2.51. The molecule has 0 saturated heterocycles. The predicted molar refractivity (Wildman–Crippen MR) is 126 cm³/mol. The highest BCUT2D eigenvalue weighted by Gasteiger charge is 2.12. The van der Waals surface area contributed by atoms with Gasteiger partial charge >= 0.3 is 0 Å². The van der Waals surface area contributed by atoms with Crippen molar-refractivity contribution in [1.29, 1.82) is 0 Å². The van der Waals surface area contributed by atoms with Crippen molar-refractivity contribution in [3.8, 4) is 5.69 Å². The van der Waals surface area contributed by atoms with E-state index < -0.39 is 0 Å². The summed E-state index contributed by atoms with van der Waals surface area (Å²) in [6.45, 7) is 6.14. The van der Waals surface area contributed by atoms with E-state index in [4.69, 9.17) is 23.8 Å². The van der Waals surface area contributed by atoms with Crippen molar-refractivity contribution in [2.24, 2.45) is 5.92 Å². The molecular formula is C22H26ClN5OS. The maximum atomic E-state index is 11.9. The fourth-order valence-corrected chi connectivity index (χ4v) is 3.46. The van der Waals surface area contributed by atoms with Gasteiger partial charge in [-0.1, -0.05) is 50.9 Å². The van der Waals surface area contributed by atoms with Crippen molar-refractivity contribution in [3.05, 3.63) is 47.0 Å². The van der Waals surface area contributed by atoms with Crippen LogP contribution in [0, 0.1) is 5.92 Å². The molecule has 0 unspecified atom stereocenters. The van der Waals surface area contributed by atoms with Crippen molar-refractivity contribution in [2.45, 2.75) is 46.5 Å². The average molecular weight is 444 g/mol. The fourth-order valence-electron chi connectivity index (χ4n) is 3.03. The van der Waals surface area contributed by atoms with Gasteiger partial charge in [-0.15, -0.1) is 10.2 Å². The van der Waals surface area contributed by atoms with Crippen LogP contribution in [0.4, 0.5) is 5.69 Å². The third-order valence-corrected chi connectivity index (χ3v) is 5.07. The number of rotatable bonds is 7. The molecule has 0 bridgehead atoms. The topological polar surface area (TPSA) is 71.8 Å². The maximum absolute atomic E-state index is 11.9. The van der Waals surface area contributed by atoms with Crippen LogP contribution in [0.15, 0.2) is 36.4 Å². The number of halogens is 1. The quantitative estimate of drug-likeness (QED) is 0.486. The number of carbonyl (C=O) groups excluding carboxylic acids is 1. The summed E-state index contributed by atoms with van der Waals surface area (Å²) in [7, 11) is 0. The molecule has 1 aromatic heterocycles. The third kappa shape index (κ3) is 5.77. The Morgan fingerprint density at radius 3 is 2.47 bits per heavy atom. The van der Waals surface area contributed by atoms with Crippen molar-refractivity contribution < 1.29 is 4.79 Å². The van der Waals surface area contributed by atoms with Gasteiger partial charge in [0.05, 0.1) is 16.4 Å². The molecule has 6 nitrogen and oxygen atoms in total. The number of aromatic nitrogens is 3. The van der Waals surface area contributed by atoms with Crippen LogP contribution in [0.1, 0.15) is 45.6 Å². The molecule has 0 atom stereocenters. The first kappa shape index (κ1) is 22.2. The van der Waals surface area contributed by atoms with Gasteiger partial charge in [-0.2, -0.15) is 4.80 Å². The zero-order valence-electron chi connectivity index (χ0n) is 17.4. The number of unbranched alkanes of at least 4 members (excludes halogenated alkanes) is 1. The number of benzene rings is 2. The summed E-state index contributed by atoms with van der Waals surface area (Å²) in [5, 5.41) is 15.4. The second kappa shape index (κ2) is 10.00. The number of fused-ring (bicyclic) bond motifs is 1. The first-order valence-corrected chi connectivity index (χ1v) is 10.9. The van der Waals surface area contributed by atoms with Gasteiger partial charge in [-0.25, -0.2) is 0 Å². The Labute approximate surface area is 187 Å². The zero-order chi connectivity index (χ0) is 21.7. The minimum Gasteiger partial charge on any atom is -0.331 e. The monoisotopic (exact) mass is 443 g/mol. The summed E-state index contributed by atoms with van der Waals surface area (Å²) in [6.07, 6.45) is 3.83. The standard InChI is InChI=1S/C22H26ClN5OS/c1-4-5-6-15-7-9-16(10-8-15)28-26-19-12-17(23)18(13-20(19)27-28)24-22(30)25-21(29)11-14(2)3/h7-10,12-14H,4-6,11H2,1-3H3,(H2,24,25,29,30). The molecule has 158 valence electrons. The minimum atomic E-state index is -0.131. The number of hydrogen-bond donors (Lipinski definition) is 2. The molecule has 0 saturated carbocycles. The van der Waals surface area contributed by atoms with Crippen molar-refractivity contribution in [2.75, 3.05) is 5.32 Å². The molecule has 0 fully saturated rings. The number of thiocarbonyl (C=S) groups is 1. The van der Waals surface area contributed by atoms with Gasteiger partial charge < -0.3 is 10.6 Å². The molecule has 0 aliphatic rings. The van der Waals surface area contributed by atoms with Crippen LogP contribution in [0.25, 0.3) is 16.7 Å². The summed E-state index contributed by atoms with van der Waals surface area (Å²) in [5.41, 5.74) is 4.11. The number of nitrogens with one attached hydrogen (secondary N) is 2. The van der Waals surface area contributed by atoms with Crippen LogP contribution < -0.4 is 10.6 Å². The zero-order valence-corrected chi connectivity index (χ0v) is 19.0. The summed E-state index contributed by atoms with van der Waals surface area (Å²) in [5.74, 6) is 0.122. The van der Waals surface area contributed by atoms with E-state index >= 15 is 0 Å². The van der Waals surface area contributed by atoms with Crippen molar-refractivity contribution in [1.82, 2.24) is 20.3 Å². The Kier molecular flexibility index (Phi) is 7.39. The third-order valence-electron chi connectivity index (χ3n) is 4.55. The molecule has 2 N–H and O–H groups in total. The smallest absolute Gasteiger partial charge is 0.226 e. The lowest BCUT2D eigenvalue weighted by Gasteiger charge is -2.11. The Morgan fingerprint density at radius 1 is 1.17 bits per heavy atom. The van der Waals surface area contributed by atoms with E-state index in [1.807, 2.05) is 26.0 Å². The molecule has 8 heteroatoms. The molecule has 0 aliphatic carbocycles. The summed E-state index contributed by atoms with van der Waals surface area (Å²) in [4.78, 5) is 13.5. The van der Waals surface area contributed by atoms with E-state index in [2.05, 4.69) is 39.9 Å². The van der Waals surface area contributed by atoms with Crippen molar-refractivity contribution in [3.63, 3.8) is 0 Å². The molecule has 1 heterocycles. The molecule has 2 aromatic carbocycles. The lowest BCUT2D eigenvalue weighted by Crippen LogP contribution is -2.34. The average Bonchev–Trinajstić information content (AvgIpc) is 3.08. The number of hydrogen-bond acceptors (Lipinski definition) is 4. The summed E-state index contributed by atoms with van der Waals surface area (Å²) in [6, 6.07) is 11.8. The number of nitrogens with zero attached hydrogens (tertiary/aromatic N) is 3. The SMILES string of the molecule is CCCCc1ccc(-n2nc3cc(Cl)c(NC(=S)NC(=O)CC(C)C)cc3n2)cc1. The molecule has 30 heavy (non-hydrogen) atoms. The van der Waals surface area contributed by atoms with Crippen LogP contribution in [0.3, 0.4) is 0 Å². The molecule has 0 spiro atoms. The number of carbonyl (C=O) groups is 1. The normalized spacial score (nSPS) is 11.1. The highest BCUT2D eigenvalue weighted by atomic mass is 35.5. The van der Waals surface area contributed by atoms with Crippen LogP contribution in [0.2, 0.25) is 5.02 Å². The molecule has 3 rings (SSSR count). The van der Waals surface area contributed by atoms with Gasteiger partial charge in [0.25, 0.3) is 0 Å². The second-order valence-corrected chi connectivity index (χ2v) is 8.50. The summed E-state index contributed by atoms with van der Waals surface area (Å²) >= 11 is 11.6. The lowest BCUT2D eigenvalue weighted by atomic mass is 10.1. The summed E-state index contributed by atoms with van der Waals surface area (Å²) < 4.78 is 0. The van der Waals surface area contributed by atoms with E-state index in [1.54, 1.807) is 16.9 Å². The van der Waals surface area contributed by atoms with Crippen molar-refractivity contribution >= 4 is 51.6 Å². The Balaban J connectivity index is 1.76. The van der Waals surface area contributed by atoms with E-state index in [-0.39, 0.29) is 16.9 Å². The van der Waals surface area contributed by atoms with Crippen LogP contribution in [0.5, 0.6) is 0 Å². The first-order chi connectivity index (χ1) is 14.4. The number of aryl methyl sites for hydroxylation is 1. The maximum Gasteiger partial charge on any atom is 0.226 e. The van der Waals surface area contributed by atoms with Gasteiger partial charge in [-0.3, -0.25) is 4.79 Å². The molecule has 1 amide bonds. The van der Waals surface area contributed by atoms with E-state index in [9.17, 15) is 4.79 Å². The lowest BCUT2D eigenvalue weighted by molar-refractivity contribution is -0.120. The molecule has 0 aliphatic heterocycles. The Bertz CT molecular complexity index is 1050. The van der Waals surface area contributed by atoms with Gasteiger partial charge in [0.1, 0.15) is 11.0 Å². The van der Waals surface area contributed by atoms with Gasteiger partial charge in [0, 0.05) is 6.42 Å². The van der Waals surface area contributed by atoms with E-state index in [0.29, 0.717) is 28.2 Å². The highest BCUT2D eigenvalue weighted by molar-refractivity contribution is 7.80. The first-order valence-electron chi connectivity index (χ1n) is 10.1. The number of anilines is 1. The molecule has 3 aromatic rings. The van der Waals surface area contributed by atoms with E-state index in [0.717, 1.165) is 12.1 Å². The minimum absolute atomic E-state index is 0.131. The fraction of sp³-hybridized carbons (Fsp3) is 0.364. The Morgan fingerprint density at radius 2 is 1.83 bits per heavy atom. The van der Waals surface area contributed by atoms with Crippen LogP contribution in [-0.2, 0) is 11.2 Å². The van der Waals surface area contributed by atoms with Gasteiger partial charge in [-0.05, 0) is 60.8 Å². The van der Waals surface area contributed by atoms with Crippen LogP contribution >= 0.6 is 23.8 Å². The molecule has 0 radical (unpaired) electrons. The highest BCUT2D eigenvalue weighted by Crippen LogP contribution is 2.27. The number of amides is 1. The molecular weight excluding hydrogens is 418 g/mol. The van der Waals surface area contributed by atoms with Crippen LogP contribution in [-0.4, -0.2) is 26.0 Å².